The lowest BCUT2D eigenvalue weighted by Gasteiger charge is -2.35. The second kappa shape index (κ2) is 6.23. The van der Waals surface area contributed by atoms with E-state index in [1.165, 1.54) is 0 Å². The van der Waals surface area contributed by atoms with Crippen molar-refractivity contribution in [2.75, 3.05) is 19.6 Å². The van der Waals surface area contributed by atoms with Crippen molar-refractivity contribution in [3.63, 3.8) is 0 Å². The van der Waals surface area contributed by atoms with Gasteiger partial charge in [-0.25, -0.2) is 4.79 Å². The third kappa shape index (κ3) is 3.83. The number of carbonyl (C=O) groups excluding carboxylic acids is 2. The molecule has 0 bridgehead atoms. The lowest BCUT2D eigenvalue weighted by molar-refractivity contribution is -0.122. The Morgan fingerprint density at radius 3 is 2.68 bits per heavy atom. The van der Waals surface area contributed by atoms with E-state index in [4.69, 9.17) is 4.74 Å². The molecular formula is C13H23N3O3. The Balaban J connectivity index is 1.90. The Morgan fingerprint density at radius 1 is 1.32 bits per heavy atom. The van der Waals surface area contributed by atoms with Crippen molar-refractivity contribution in [2.24, 2.45) is 0 Å². The Labute approximate surface area is 113 Å². The quantitative estimate of drug-likeness (QED) is 0.727. The van der Waals surface area contributed by atoms with Crippen molar-refractivity contribution in [3.05, 3.63) is 0 Å². The summed E-state index contributed by atoms with van der Waals surface area (Å²) in [4.78, 5) is 25.7. The molecular weight excluding hydrogens is 246 g/mol. The summed E-state index contributed by atoms with van der Waals surface area (Å²) in [5, 5.41) is 5.66. The predicted octanol–water partition coefficient (Wildman–Crippen LogP) is 0.474. The number of ether oxygens (including phenoxy) is 1. The zero-order chi connectivity index (χ0) is 13.8. The first-order chi connectivity index (χ1) is 9.06. The van der Waals surface area contributed by atoms with Gasteiger partial charge in [-0.3, -0.25) is 4.79 Å². The minimum Gasteiger partial charge on any atom is -0.372 e. The molecule has 2 N–H and O–H groups in total. The van der Waals surface area contributed by atoms with Gasteiger partial charge in [-0.1, -0.05) is 0 Å². The highest BCUT2D eigenvalue weighted by Gasteiger charge is 2.29. The van der Waals surface area contributed by atoms with Crippen molar-refractivity contribution in [2.45, 2.75) is 51.4 Å². The fourth-order valence-corrected chi connectivity index (χ4v) is 2.66. The van der Waals surface area contributed by atoms with Crippen LogP contribution in [0.4, 0.5) is 4.79 Å². The van der Waals surface area contributed by atoms with E-state index < -0.39 is 6.04 Å². The molecule has 0 radical (unpaired) electrons. The van der Waals surface area contributed by atoms with Crippen LogP contribution in [0.5, 0.6) is 0 Å². The lowest BCUT2D eigenvalue weighted by Crippen LogP contribution is -2.55. The second-order valence-electron chi connectivity index (χ2n) is 5.45. The van der Waals surface area contributed by atoms with E-state index in [0.29, 0.717) is 26.1 Å². The molecule has 19 heavy (non-hydrogen) atoms. The normalized spacial score (nSPS) is 32.4. The molecule has 2 aliphatic rings. The highest BCUT2D eigenvalue weighted by molar-refractivity contribution is 5.87. The molecule has 0 aliphatic carbocycles. The zero-order valence-corrected chi connectivity index (χ0v) is 11.6. The van der Waals surface area contributed by atoms with E-state index in [1.54, 1.807) is 4.90 Å². The maximum absolute atomic E-state index is 12.2. The van der Waals surface area contributed by atoms with Crippen LogP contribution < -0.4 is 10.6 Å². The summed E-state index contributed by atoms with van der Waals surface area (Å²) >= 11 is 0. The number of hydrogen-bond donors (Lipinski definition) is 2. The third-order valence-corrected chi connectivity index (χ3v) is 3.54. The first-order valence-corrected chi connectivity index (χ1v) is 7.05. The van der Waals surface area contributed by atoms with E-state index >= 15 is 0 Å². The molecule has 108 valence electrons. The van der Waals surface area contributed by atoms with Crippen molar-refractivity contribution >= 4 is 11.9 Å². The van der Waals surface area contributed by atoms with Gasteiger partial charge in [-0.05, 0) is 33.1 Å². The van der Waals surface area contributed by atoms with Crippen LogP contribution in [0.15, 0.2) is 0 Å². The molecule has 3 atom stereocenters. The minimum absolute atomic E-state index is 0.0393. The molecule has 0 saturated carbocycles. The van der Waals surface area contributed by atoms with Gasteiger partial charge in [-0.2, -0.15) is 0 Å². The summed E-state index contributed by atoms with van der Waals surface area (Å²) in [7, 11) is 0. The molecule has 0 aromatic rings. The van der Waals surface area contributed by atoms with Crippen molar-refractivity contribution in [3.8, 4) is 0 Å². The molecule has 6 heteroatoms. The van der Waals surface area contributed by atoms with Gasteiger partial charge in [0.05, 0.1) is 12.2 Å². The standard InChI is InChI=1S/C13H23N3O3/c1-9-7-16(8-10(2)19-9)13(18)15-11-5-3-4-6-14-12(11)17/h9-11H,3-8H2,1-2H3,(H,14,17)(H,15,18). The highest BCUT2D eigenvalue weighted by Crippen LogP contribution is 2.12. The molecule has 0 aromatic heterocycles. The molecule has 2 heterocycles. The van der Waals surface area contributed by atoms with Crippen LogP contribution in [0.2, 0.25) is 0 Å². The van der Waals surface area contributed by atoms with Gasteiger partial charge in [-0.15, -0.1) is 0 Å². The summed E-state index contributed by atoms with van der Waals surface area (Å²) in [6.07, 6.45) is 2.73. The average molecular weight is 269 g/mol. The smallest absolute Gasteiger partial charge is 0.318 e. The summed E-state index contributed by atoms with van der Waals surface area (Å²) in [5.74, 6) is -0.0693. The van der Waals surface area contributed by atoms with Crippen LogP contribution in [0.1, 0.15) is 33.1 Å². The van der Waals surface area contributed by atoms with Crippen LogP contribution in [0.25, 0.3) is 0 Å². The number of amides is 3. The predicted molar refractivity (Wildman–Crippen MR) is 70.8 cm³/mol. The molecule has 2 fully saturated rings. The van der Waals surface area contributed by atoms with E-state index in [1.807, 2.05) is 13.8 Å². The highest BCUT2D eigenvalue weighted by atomic mass is 16.5. The summed E-state index contributed by atoms with van der Waals surface area (Å²) in [6.45, 7) is 5.76. The number of carbonyl (C=O) groups is 2. The second-order valence-corrected chi connectivity index (χ2v) is 5.45. The fourth-order valence-electron chi connectivity index (χ4n) is 2.66. The molecule has 2 rings (SSSR count). The Hall–Kier alpha value is -1.30. The van der Waals surface area contributed by atoms with Crippen LogP contribution in [-0.2, 0) is 9.53 Å². The number of nitrogens with zero attached hydrogens (tertiary/aromatic N) is 1. The summed E-state index contributed by atoms with van der Waals surface area (Å²) in [5.41, 5.74) is 0. The zero-order valence-electron chi connectivity index (χ0n) is 11.6. The van der Waals surface area contributed by atoms with Gasteiger partial charge in [0.15, 0.2) is 0 Å². The first-order valence-electron chi connectivity index (χ1n) is 7.05. The van der Waals surface area contributed by atoms with Gasteiger partial charge < -0.3 is 20.3 Å². The molecule has 0 spiro atoms. The molecule has 3 unspecified atom stereocenters. The Morgan fingerprint density at radius 2 is 2.00 bits per heavy atom. The van der Waals surface area contributed by atoms with Crippen LogP contribution >= 0.6 is 0 Å². The third-order valence-electron chi connectivity index (χ3n) is 3.54. The topological polar surface area (TPSA) is 70.7 Å². The lowest BCUT2D eigenvalue weighted by atomic mass is 10.1. The summed E-state index contributed by atoms with van der Waals surface area (Å²) < 4.78 is 5.60. The van der Waals surface area contributed by atoms with Crippen LogP contribution in [-0.4, -0.2) is 54.7 Å². The number of nitrogens with one attached hydrogen (secondary N) is 2. The Kier molecular flexibility index (Phi) is 4.63. The van der Waals surface area contributed by atoms with Crippen molar-refractivity contribution in [1.29, 1.82) is 0 Å². The minimum atomic E-state index is -0.400. The number of hydrogen-bond acceptors (Lipinski definition) is 3. The average Bonchev–Trinajstić information content (AvgIpc) is 2.54. The van der Waals surface area contributed by atoms with Gasteiger partial charge in [0.25, 0.3) is 0 Å². The number of urea groups is 1. The SMILES string of the molecule is CC1CN(C(=O)NC2CCCCNC2=O)CC(C)O1. The number of morpholine rings is 1. The van der Waals surface area contributed by atoms with Crippen LogP contribution in [0.3, 0.4) is 0 Å². The Bertz CT molecular complexity index is 338. The molecule has 3 amide bonds. The first kappa shape index (κ1) is 14.1. The number of rotatable bonds is 1. The largest absolute Gasteiger partial charge is 0.372 e. The van der Waals surface area contributed by atoms with E-state index in [0.717, 1.165) is 12.8 Å². The van der Waals surface area contributed by atoms with Gasteiger partial charge in [0.2, 0.25) is 5.91 Å². The van der Waals surface area contributed by atoms with Crippen LogP contribution in [0, 0.1) is 0 Å². The van der Waals surface area contributed by atoms with E-state index in [9.17, 15) is 9.59 Å². The molecule has 2 saturated heterocycles. The molecule has 6 nitrogen and oxygen atoms in total. The fraction of sp³-hybridized carbons (Fsp3) is 0.846. The van der Waals surface area contributed by atoms with Gasteiger partial charge >= 0.3 is 6.03 Å². The van der Waals surface area contributed by atoms with Gasteiger partial charge in [0.1, 0.15) is 6.04 Å². The monoisotopic (exact) mass is 269 g/mol. The molecule has 2 aliphatic heterocycles. The van der Waals surface area contributed by atoms with Gasteiger partial charge in [0, 0.05) is 19.6 Å². The van der Waals surface area contributed by atoms with E-state index in [-0.39, 0.29) is 24.1 Å². The van der Waals surface area contributed by atoms with Crippen molar-refractivity contribution in [1.82, 2.24) is 15.5 Å². The molecule has 0 aromatic carbocycles. The summed E-state index contributed by atoms with van der Waals surface area (Å²) in [6, 6.07) is -0.562. The van der Waals surface area contributed by atoms with Crippen molar-refractivity contribution < 1.29 is 14.3 Å². The maximum Gasteiger partial charge on any atom is 0.318 e. The van der Waals surface area contributed by atoms with E-state index in [2.05, 4.69) is 10.6 Å². The maximum atomic E-state index is 12.2.